The quantitative estimate of drug-likeness (QED) is 0.802. The van der Waals surface area contributed by atoms with Gasteiger partial charge in [0.15, 0.2) is 0 Å². The van der Waals surface area contributed by atoms with Crippen LogP contribution < -0.4 is 4.31 Å². The Morgan fingerprint density at radius 2 is 1.76 bits per heavy atom. The van der Waals surface area contributed by atoms with Crippen LogP contribution in [0.15, 0.2) is 42.5 Å². The molecule has 1 N–H and O–H groups in total. The lowest BCUT2D eigenvalue weighted by atomic mass is 10.1. The molecule has 0 amide bonds. The first-order chi connectivity index (χ1) is 8.24. The van der Waals surface area contributed by atoms with Crippen molar-refractivity contribution in [3.8, 4) is 0 Å². The molecule has 0 heterocycles. The Morgan fingerprint density at radius 3 is 2.47 bits per heavy atom. The number of hydrogen-bond donors (Lipinski definition) is 2. The smallest absolute Gasteiger partial charge is 0.225 e. The van der Waals surface area contributed by atoms with Gasteiger partial charge >= 0.3 is 0 Å². The highest BCUT2D eigenvalue weighted by Crippen LogP contribution is 2.26. The normalized spacial score (nSPS) is 10.9. The number of nitrogens with zero attached hydrogens (tertiary/aromatic N) is 1. The molecular formula is C12H13NO3S. The molecule has 0 spiro atoms. The lowest BCUT2D eigenvalue weighted by Gasteiger charge is -2.18. The maximum Gasteiger partial charge on any atom is 0.225 e. The topological polar surface area (TPSA) is 57.6 Å². The molecular weight excluding hydrogens is 238 g/mol. The van der Waals surface area contributed by atoms with Gasteiger partial charge in [-0.1, -0.05) is 36.4 Å². The average molecular weight is 251 g/mol. The summed E-state index contributed by atoms with van der Waals surface area (Å²) in [4.78, 5) is 0. The number of rotatable bonds is 4. The van der Waals surface area contributed by atoms with Crippen LogP contribution in [-0.2, 0) is 10.9 Å². The van der Waals surface area contributed by atoms with Crippen LogP contribution in [-0.4, -0.2) is 26.7 Å². The van der Waals surface area contributed by atoms with E-state index >= 15 is 0 Å². The van der Waals surface area contributed by atoms with Gasteiger partial charge in [-0.3, -0.25) is 4.31 Å². The zero-order valence-electron chi connectivity index (χ0n) is 9.11. The van der Waals surface area contributed by atoms with Crippen molar-refractivity contribution in [2.45, 2.75) is 0 Å². The summed E-state index contributed by atoms with van der Waals surface area (Å²) >= 11 is 0. The van der Waals surface area contributed by atoms with Crippen molar-refractivity contribution in [1.82, 2.24) is 0 Å². The Balaban J connectivity index is 2.60. The van der Waals surface area contributed by atoms with Crippen molar-refractivity contribution >= 4 is 27.4 Å². The molecule has 0 atom stereocenters. The summed E-state index contributed by atoms with van der Waals surface area (Å²) in [6, 6.07) is 13.0. The minimum atomic E-state index is -2.75. The van der Waals surface area contributed by atoms with Crippen LogP contribution in [0.4, 0.5) is 5.69 Å². The molecule has 0 fully saturated rings. The summed E-state index contributed by atoms with van der Waals surface area (Å²) in [5.74, 6) is 0. The number of thiol groups is 1. The summed E-state index contributed by atoms with van der Waals surface area (Å²) in [6.45, 7) is -0.126. The molecule has 0 aromatic heterocycles. The highest BCUT2D eigenvalue weighted by Gasteiger charge is 2.10. The van der Waals surface area contributed by atoms with Crippen LogP contribution in [0, 0.1) is 0 Å². The molecule has 0 bridgehead atoms. The van der Waals surface area contributed by atoms with E-state index in [1.165, 1.54) is 4.31 Å². The van der Waals surface area contributed by atoms with Crippen molar-refractivity contribution in [3.63, 3.8) is 0 Å². The molecule has 17 heavy (non-hydrogen) atoms. The molecule has 2 aromatic rings. The zero-order chi connectivity index (χ0) is 12.3. The fourth-order valence-corrected chi connectivity index (χ4v) is 2.42. The molecule has 0 saturated heterocycles. The Morgan fingerprint density at radius 1 is 1.06 bits per heavy atom. The number of aliphatic hydroxyl groups excluding tert-OH is 1. The van der Waals surface area contributed by atoms with Gasteiger partial charge in [-0.2, -0.15) is 0 Å². The largest absolute Gasteiger partial charge is 0.394 e. The van der Waals surface area contributed by atoms with Gasteiger partial charge in [-0.05, 0) is 11.5 Å². The van der Waals surface area contributed by atoms with Crippen LogP contribution in [0.5, 0.6) is 0 Å². The predicted molar refractivity (Wildman–Crippen MR) is 68.7 cm³/mol. The fraction of sp³-hybridized carbons (Fsp3) is 0.167. The zero-order valence-corrected chi connectivity index (χ0v) is 10.0. The molecule has 4 nitrogen and oxygen atoms in total. The van der Waals surface area contributed by atoms with Crippen LogP contribution >= 0.6 is 0 Å². The first kappa shape index (κ1) is 11.9. The summed E-state index contributed by atoms with van der Waals surface area (Å²) in [5.41, 5.74) is 0.605. The Labute approximate surface area is 101 Å². The summed E-state index contributed by atoms with van der Waals surface area (Å²) in [6.07, 6.45) is 0. The third kappa shape index (κ3) is 2.40. The highest BCUT2D eigenvalue weighted by atomic mass is 32.2. The standard InChI is InChI=1S/C12H13NO3S/c14-9-8-13(17(15)16)12-7-3-5-10-4-1-2-6-11(10)12/h1-7,14,17H,8-9H2. The molecule has 0 radical (unpaired) electrons. The minimum absolute atomic E-state index is 0.0761. The number of hydrogen-bond acceptors (Lipinski definition) is 3. The molecule has 90 valence electrons. The molecule has 5 heteroatoms. The van der Waals surface area contributed by atoms with Gasteiger partial charge in [0.25, 0.3) is 0 Å². The molecule has 0 aliphatic carbocycles. The van der Waals surface area contributed by atoms with Gasteiger partial charge in [-0.25, -0.2) is 8.42 Å². The van der Waals surface area contributed by atoms with E-state index in [-0.39, 0.29) is 13.2 Å². The second-order valence-electron chi connectivity index (χ2n) is 3.58. The second kappa shape index (κ2) is 5.16. The van der Waals surface area contributed by atoms with Crippen LogP contribution in [0.3, 0.4) is 0 Å². The van der Waals surface area contributed by atoms with E-state index in [1.54, 1.807) is 12.1 Å². The first-order valence-electron chi connectivity index (χ1n) is 5.24. The Bertz CT molecular complexity index is 582. The number of benzene rings is 2. The summed E-state index contributed by atoms with van der Waals surface area (Å²) in [5, 5.41) is 10.8. The average Bonchev–Trinajstić information content (AvgIpc) is 2.35. The van der Waals surface area contributed by atoms with Gasteiger partial charge in [-0.15, -0.1) is 0 Å². The number of aliphatic hydroxyl groups is 1. The number of fused-ring (bicyclic) bond motifs is 1. The van der Waals surface area contributed by atoms with Crippen molar-refractivity contribution in [1.29, 1.82) is 0 Å². The SMILES string of the molecule is O=[SH](=O)N(CCO)c1cccc2ccccc12. The monoisotopic (exact) mass is 251 g/mol. The van der Waals surface area contributed by atoms with E-state index in [2.05, 4.69) is 0 Å². The van der Waals surface area contributed by atoms with Crippen LogP contribution in [0.2, 0.25) is 0 Å². The van der Waals surface area contributed by atoms with Crippen LogP contribution in [0.1, 0.15) is 0 Å². The van der Waals surface area contributed by atoms with E-state index in [4.69, 9.17) is 5.11 Å². The lowest BCUT2D eigenvalue weighted by molar-refractivity contribution is 0.307. The molecule has 0 saturated carbocycles. The molecule has 0 unspecified atom stereocenters. The lowest BCUT2D eigenvalue weighted by Crippen LogP contribution is -2.24. The molecule has 2 rings (SSSR count). The predicted octanol–water partition coefficient (Wildman–Crippen LogP) is 1.16. The molecule has 0 aliphatic heterocycles. The van der Waals surface area contributed by atoms with Gasteiger partial charge in [0, 0.05) is 5.39 Å². The second-order valence-corrected chi connectivity index (χ2v) is 4.54. The number of anilines is 1. The van der Waals surface area contributed by atoms with E-state index in [9.17, 15) is 8.42 Å². The third-order valence-electron chi connectivity index (χ3n) is 2.55. The van der Waals surface area contributed by atoms with Gasteiger partial charge < -0.3 is 5.11 Å². The van der Waals surface area contributed by atoms with E-state index in [0.29, 0.717) is 5.69 Å². The maximum absolute atomic E-state index is 11.2. The maximum atomic E-state index is 11.2. The van der Waals surface area contributed by atoms with Crippen molar-refractivity contribution < 1.29 is 13.5 Å². The minimum Gasteiger partial charge on any atom is -0.394 e. The van der Waals surface area contributed by atoms with Crippen molar-refractivity contribution in [3.05, 3.63) is 42.5 Å². The van der Waals surface area contributed by atoms with E-state index < -0.39 is 10.9 Å². The Kier molecular flexibility index (Phi) is 3.61. The summed E-state index contributed by atoms with van der Waals surface area (Å²) in [7, 11) is -2.75. The van der Waals surface area contributed by atoms with Crippen molar-refractivity contribution in [2.24, 2.45) is 0 Å². The Hall–Kier alpha value is -1.59. The van der Waals surface area contributed by atoms with Crippen LogP contribution in [0.25, 0.3) is 10.8 Å². The highest BCUT2D eigenvalue weighted by molar-refractivity contribution is 7.74. The molecule has 2 aromatic carbocycles. The first-order valence-corrected chi connectivity index (χ1v) is 6.37. The van der Waals surface area contributed by atoms with E-state index in [1.807, 2.05) is 30.3 Å². The van der Waals surface area contributed by atoms with Crippen molar-refractivity contribution in [2.75, 3.05) is 17.5 Å². The third-order valence-corrected chi connectivity index (χ3v) is 3.36. The van der Waals surface area contributed by atoms with Gasteiger partial charge in [0.05, 0.1) is 18.8 Å². The van der Waals surface area contributed by atoms with Gasteiger partial charge in [0.1, 0.15) is 0 Å². The molecule has 0 aliphatic rings. The fourth-order valence-electron chi connectivity index (χ4n) is 1.82. The van der Waals surface area contributed by atoms with E-state index in [0.717, 1.165) is 10.8 Å². The summed E-state index contributed by atoms with van der Waals surface area (Å²) < 4.78 is 23.6. The van der Waals surface area contributed by atoms with Gasteiger partial charge in [0.2, 0.25) is 10.9 Å².